The number of hydrogen-bond acceptors (Lipinski definition) is 5. The van der Waals surface area contributed by atoms with Crippen LogP contribution in [0.5, 0.6) is 0 Å². The van der Waals surface area contributed by atoms with E-state index in [0.717, 1.165) is 16.9 Å². The molecule has 25 heavy (non-hydrogen) atoms. The minimum absolute atomic E-state index is 0.0872. The van der Waals surface area contributed by atoms with Gasteiger partial charge in [-0.3, -0.25) is 4.90 Å². The van der Waals surface area contributed by atoms with Crippen LogP contribution >= 0.6 is 0 Å². The molecule has 0 bridgehead atoms. The highest BCUT2D eigenvalue weighted by molar-refractivity contribution is 5.68. The number of carbonyl (C=O) groups excluding carboxylic acids is 1. The molecule has 1 aromatic heterocycles. The van der Waals surface area contributed by atoms with E-state index in [1.54, 1.807) is 26.8 Å². The third kappa shape index (κ3) is 5.81. The molecule has 1 aliphatic heterocycles. The van der Waals surface area contributed by atoms with Crippen LogP contribution in [-0.2, 0) is 16.0 Å². The summed E-state index contributed by atoms with van der Waals surface area (Å²) in [6.45, 7) is 5.42. The van der Waals surface area contributed by atoms with Crippen LogP contribution in [0.25, 0.3) is 0 Å². The third-order valence-corrected chi connectivity index (χ3v) is 3.75. The number of rotatable bonds is 5. The summed E-state index contributed by atoms with van der Waals surface area (Å²) in [5, 5.41) is 0. The van der Waals surface area contributed by atoms with Crippen LogP contribution in [0.15, 0.2) is 12.1 Å². The Balaban J connectivity index is 2.25. The zero-order valence-electron chi connectivity index (χ0n) is 14.8. The number of anilines is 1. The van der Waals surface area contributed by atoms with Crippen molar-refractivity contribution in [3.05, 3.63) is 23.4 Å². The Kier molecular flexibility index (Phi) is 6.16. The Morgan fingerprint density at radius 3 is 2.76 bits per heavy atom. The van der Waals surface area contributed by atoms with Crippen LogP contribution in [0.1, 0.15) is 44.4 Å². The molecule has 0 saturated carbocycles. The summed E-state index contributed by atoms with van der Waals surface area (Å²) >= 11 is 0. The van der Waals surface area contributed by atoms with Gasteiger partial charge in [-0.15, -0.1) is 0 Å². The fourth-order valence-electron chi connectivity index (χ4n) is 2.68. The minimum Gasteiger partial charge on any atom is -0.444 e. The highest BCUT2D eigenvalue weighted by atomic mass is 19.3. The van der Waals surface area contributed by atoms with Gasteiger partial charge in [0.2, 0.25) is 0 Å². The Bertz CT molecular complexity index is 599. The fourth-order valence-corrected chi connectivity index (χ4v) is 2.68. The second-order valence-electron chi connectivity index (χ2n) is 7.08. The molecule has 6 nitrogen and oxygen atoms in total. The molecular formula is C17H25F2N3O3. The lowest BCUT2D eigenvalue weighted by atomic mass is 9.96. The quantitative estimate of drug-likeness (QED) is 0.876. The SMILES string of the molecule is CC(C)(C)OC(=O)N(Cc1nc(N)ccc1C1CCOC1)CC(F)F. The van der Waals surface area contributed by atoms with Gasteiger partial charge in [0.1, 0.15) is 11.4 Å². The van der Waals surface area contributed by atoms with Gasteiger partial charge in [0.05, 0.1) is 25.4 Å². The predicted molar refractivity (Wildman–Crippen MR) is 89.5 cm³/mol. The molecular weight excluding hydrogens is 332 g/mol. The molecule has 1 aromatic rings. The molecule has 1 aliphatic rings. The Morgan fingerprint density at radius 2 is 2.20 bits per heavy atom. The molecule has 2 rings (SSSR count). The molecule has 2 N–H and O–H groups in total. The molecule has 140 valence electrons. The van der Waals surface area contributed by atoms with Gasteiger partial charge in [-0.1, -0.05) is 6.07 Å². The summed E-state index contributed by atoms with van der Waals surface area (Å²) in [5.74, 6) is 0.397. The number of amides is 1. The number of ether oxygens (including phenoxy) is 2. The van der Waals surface area contributed by atoms with Crippen molar-refractivity contribution < 1.29 is 23.0 Å². The largest absolute Gasteiger partial charge is 0.444 e. The highest BCUT2D eigenvalue weighted by Gasteiger charge is 2.28. The number of nitrogens with two attached hydrogens (primary N) is 1. The van der Waals surface area contributed by atoms with E-state index < -0.39 is 24.7 Å². The molecule has 0 aromatic carbocycles. The zero-order valence-corrected chi connectivity index (χ0v) is 14.8. The van der Waals surface area contributed by atoms with E-state index >= 15 is 0 Å². The Hall–Kier alpha value is -1.96. The molecule has 0 aliphatic carbocycles. The number of nitrogens with zero attached hydrogens (tertiary/aromatic N) is 2. The highest BCUT2D eigenvalue weighted by Crippen LogP contribution is 2.29. The van der Waals surface area contributed by atoms with Crippen LogP contribution in [0.2, 0.25) is 0 Å². The maximum Gasteiger partial charge on any atom is 0.410 e. The van der Waals surface area contributed by atoms with Crippen molar-refractivity contribution in [2.75, 3.05) is 25.5 Å². The van der Waals surface area contributed by atoms with Crippen LogP contribution < -0.4 is 5.73 Å². The van der Waals surface area contributed by atoms with Crippen LogP contribution in [-0.4, -0.2) is 47.8 Å². The van der Waals surface area contributed by atoms with Crippen molar-refractivity contribution in [2.45, 2.75) is 51.7 Å². The minimum atomic E-state index is -2.67. The van der Waals surface area contributed by atoms with Gasteiger partial charge in [0.15, 0.2) is 0 Å². The van der Waals surface area contributed by atoms with Crippen LogP contribution in [0.4, 0.5) is 19.4 Å². The molecule has 1 atom stereocenters. The first-order chi connectivity index (χ1) is 11.7. The van der Waals surface area contributed by atoms with Gasteiger partial charge in [0, 0.05) is 12.5 Å². The van der Waals surface area contributed by atoms with Gasteiger partial charge in [-0.25, -0.2) is 18.6 Å². The zero-order chi connectivity index (χ0) is 18.6. The number of carbonyl (C=O) groups is 1. The van der Waals surface area contributed by atoms with Crippen molar-refractivity contribution in [3.63, 3.8) is 0 Å². The van der Waals surface area contributed by atoms with Crippen molar-refractivity contribution in [1.29, 1.82) is 0 Å². The fraction of sp³-hybridized carbons (Fsp3) is 0.647. The van der Waals surface area contributed by atoms with Gasteiger partial charge in [0.25, 0.3) is 6.43 Å². The van der Waals surface area contributed by atoms with Gasteiger partial charge >= 0.3 is 6.09 Å². The van der Waals surface area contributed by atoms with E-state index in [9.17, 15) is 13.6 Å². The van der Waals surface area contributed by atoms with E-state index in [1.165, 1.54) is 0 Å². The number of halogens is 2. The van der Waals surface area contributed by atoms with E-state index in [0.29, 0.717) is 18.9 Å². The number of aromatic nitrogens is 1. The predicted octanol–water partition coefficient (Wildman–Crippen LogP) is 3.17. The first kappa shape index (κ1) is 19.4. The van der Waals surface area contributed by atoms with Gasteiger partial charge in [-0.2, -0.15) is 0 Å². The molecule has 2 heterocycles. The van der Waals surface area contributed by atoms with E-state index in [-0.39, 0.29) is 18.3 Å². The summed E-state index contributed by atoms with van der Waals surface area (Å²) in [5.41, 5.74) is 6.35. The molecule has 1 saturated heterocycles. The average Bonchev–Trinajstić information content (AvgIpc) is 2.98. The lowest BCUT2D eigenvalue weighted by Crippen LogP contribution is -2.39. The van der Waals surface area contributed by atoms with Crippen molar-refractivity contribution >= 4 is 11.9 Å². The molecule has 1 fully saturated rings. The van der Waals surface area contributed by atoms with E-state index in [2.05, 4.69) is 4.98 Å². The van der Waals surface area contributed by atoms with Crippen molar-refractivity contribution in [2.24, 2.45) is 0 Å². The standard InChI is InChI=1S/C17H25F2N3O3/c1-17(2,3)25-16(23)22(9-14(18)19)8-13-12(4-5-15(20)21-13)11-6-7-24-10-11/h4-5,11,14H,6-10H2,1-3H3,(H2,20,21). The lowest BCUT2D eigenvalue weighted by molar-refractivity contribution is 0.00782. The van der Waals surface area contributed by atoms with Crippen molar-refractivity contribution in [3.8, 4) is 0 Å². The van der Waals surface area contributed by atoms with Gasteiger partial charge in [-0.05, 0) is 38.8 Å². The summed E-state index contributed by atoms with van der Waals surface area (Å²) in [7, 11) is 0. The van der Waals surface area contributed by atoms with Crippen LogP contribution in [0, 0.1) is 0 Å². The Morgan fingerprint density at radius 1 is 1.48 bits per heavy atom. The number of hydrogen-bond donors (Lipinski definition) is 1. The second kappa shape index (κ2) is 7.95. The van der Waals surface area contributed by atoms with Gasteiger partial charge < -0.3 is 15.2 Å². The topological polar surface area (TPSA) is 77.7 Å². The maximum atomic E-state index is 12.9. The molecule has 1 unspecified atom stereocenters. The third-order valence-electron chi connectivity index (χ3n) is 3.75. The summed E-state index contributed by atoms with van der Waals surface area (Å²) < 4.78 is 36.5. The normalized spacial score (nSPS) is 17.8. The molecule has 1 amide bonds. The first-order valence-electron chi connectivity index (χ1n) is 8.25. The average molecular weight is 357 g/mol. The van der Waals surface area contributed by atoms with E-state index in [4.69, 9.17) is 15.2 Å². The number of alkyl halides is 2. The smallest absolute Gasteiger partial charge is 0.410 e. The van der Waals surface area contributed by atoms with E-state index in [1.807, 2.05) is 6.07 Å². The summed E-state index contributed by atoms with van der Waals surface area (Å²) in [4.78, 5) is 17.5. The molecule has 0 spiro atoms. The summed E-state index contributed by atoms with van der Waals surface area (Å²) in [6.07, 6.45) is -2.66. The number of pyridine rings is 1. The molecule has 8 heteroatoms. The second-order valence-corrected chi connectivity index (χ2v) is 7.08. The number of nitrogen functional groups attached to an aromatic ring is 1. The first-order valence-corrected chi connectivity index (χ1v) is 8.25. The Labute approximate surface area is 146 Å². The monoisotopic (exact) mass is 357 g/mol. The summed E-state index contributed by atoms with van der Waals surface area (Å²) in [6, 6.07) is 3.49. The van der Waals surface area contributed by atoms with Crippen LogP contribution in [0.3, 0.4) is 0 Å². The maximum absolute atomic E-state index is 12.9. The van der Waals surface area contributed by atoms with Crippen molar-refractivity contribution in [1.82, 2.24) is 9.88 Å². The molecule has 0 radical (unpaired) electrons. The lowest BCUT2D eigenvalue weighted by Gasteiger charge is -2.28.